The Hall–Kier alpha value is -0.700. The SMILES string of the molecule is CC(C)=CCC1(C)SC(=O)C(C)=C1O. The quantitative estimate of drug-likeness (QED) is 0.714. The van der Waals surface area contributed by atoms with E-state index in [0.717, 1.165) is 0 Å². The number of aliphatic hydroxyl groups is 1. The van der Waals surface area contributed by atoms with Gasteiger partial charge in [-0.05, 0) is 34.1 Å². The molecule has 3 heteroatoms. The van der Waals surface area contributed by atoms with Crippen LogP contribution in [0.2, 0.25) is 0 Å². The van der Waals surface area contributed by atoms with Gasteiger partial charge in [-0.3, -0.25) is 4.79 Å². The maximum absolute atomic E-state index is 11.4. The van der Waals surface area contributed by atoms with Crippen molar-refractivity contribution in [1.82, 2.24) is 0 Å². The summed E-state index contributed by atoms with van der Waals surface area (Å²) in [6.07, 6.45) is 2.75. The molecule has 0 fully saturated rings. The van der Waals surface area contributed by atoms with Gasteiger partial charge in [-0.1, -0.05) is 23.4 Å². The molecule has 0 saturated carbocycles. The standard InChI is InChI=1S/C11H16O2S/c1-7(2)5-6-11(4)9(12)8(3)10(13)14-11/h5,12H,6H2,1-4H3. The fourth-order valence-corrected chi connectivity index (χ4v) is 2.44. The van der Waals surface area contributed by atoms with E-state index in [-0.39, 0.29) is 10.9 Å². The Bertz CT molecular complexity index is 324. The van der Waals surface area contributed by atoms with Gasteiger partial charge in [0.25, 0.3) is 0 Å². The third-order valence-electron chi connectivity index (χ3n) is 2.38. The molecule has 0 saturated heterocycles. The van der Waals surface area contributed by atoms with E-state index in [4.69, 9.17) is 0 Å². The van der Waals surface area contributed by atoms with E-state index >= 15 is 0 Å². The van der Waals surface area contributed by atoms with Crippen LogP contribution in [-0.2, 0) is 4.79 Å². The predicted octanol–water partition coefficient (Wildman–Crippen LogP) is 3.21. The lowest BCUT2D eigenvalue weighted by Gasteiger charge is -2.20. The summed E-state index contributed by atoms with van der Waals surface area (Å²) in [7, 11) is 0. The molecule has 1 atom stereocenters. The van der Waals surface area contributed by atoms with E-state index in [2.05, 4.69) is 6.08 Å². The number of carbonyl (C=O) groups is 1. The number of hydrogen-bond acceptors (Lipinski definition) is 3. The summed E-state index contributed by atoms with van der Waals surface area (Å²) in [6.45, 7) is 7.61. The molecule has 0 spiro atoms. The van der Waals surface area contributed by atoms with Gasteiger partial charge in [-0.15, -0.1) is 0 Å². The first-order chi connectivity index (χ1) is 6.37. The van der Waals surface area contributed by atoms with Crippen LogP contribution >= 0.6 is 11.8 Å². The predicted molar refractivity (Wildman–Crippen MR) is 60.4 cm³/mol. The summed E-state index contributed by atoms with van der Waals surface area (Å²) >= 11 is 1.22. The lowest BCUT2D eigenvalue weighted by Crippen LogP contribution is -2.19. The second-order valence-corrected chi connectivity index (χ2v) is 5.56. The average molecular weight is 212 g/mol. The zero-order chi connectivity index (χ0) is 10.9. The average Bonchev–Trinajstić information content (AvgIpc) is 2.28. The summed E-state index contributed by atoms with van der Waals surface area (Å²) in [6, 6.07) is 0. The highest BCUT2D eigenvalue weighted by molar-refractivity contribution is 8.15. The number of allylic oxidation sites excluding steroid dienone is 2. The van der Waals surface area contributed by atoms with Crippen LogP contribution < -0.4 is 0 Å². The normalized spacial score (nSPS) is 27.0. The third-order valence-corrected chi connectivity index (χ3v) is 3.68. The Kier molecular flexibility index (Phi) is 3.10. The van der Waals surface area contributed by atoms with Crippen LogP contribution in [-0.4, -0.2) is 15.0 Å². The zero-order valence-corrected chi connectivity index (χ0v) is 9.86. The van der Waals surface area contributed by atoms with Gasteiger partial charge in [0.15, 0.2) is 0 Å². The van der Waals surface area contributed by atoms with Crippen molar-refractivity contribution < 1.29 is 9.90 Å². The maximum Gasteiger partial charge on any atom is 0.219 e. The first kappa shape index (κ1) is 11.4. The smallest absolute Gasteiger partial charge is 0.219 e. The highest BCUT2D eigenvalue weighted by Gasteiger charge is 2.40. The number of aliphatic hydroxyl groups excluding tert-OH is 1. The molecule has 0 aromatic carbocycles. The lowest BCUT2D eigenvalue weighted by atomic mass is 10.0. The molecule has 1 N–H and O–H groups in total. The maximum atomic E-state index is 11.4. The van der Waals surface area contributed by atoms with Crippen molar-refractivity contribution in [3.8, 4) is 0 Å². The van der Waals surface area contributed by atoms with Gasteiger partial charge in [-0.2, -0.15) is 0 Å². The van der Waals surface area contributed by atoms with Gasteiger partial charge in [-0.25, -0.2) is 0 Å². The minimum absolute atomic E-state index is 0.00726. The van der Waals surface area contributed by atoms with Crippen molar-refractivity contribution >= 4 is 16.9 Å². The minimum Gasteiger partial charge on any atom is -0.510 e. The van der Waals surface area contributed by atoms with E-state index in [1.165, 1.54) is 17.3 Å². The Labute approximate surface area is 89.1 Å². The molecule has 78 valence electrons. The minimum atomic E-state index is -0.446. The molecule has 0 radical (unpaired) electrons. The van der Waals surface area contributed by atoms with Crippen molar-refractivity contribution in [3.63, 3.8) is 0 Å². The molecule has 2 nitrogen and oxygen atoms in total. The zero-order valence-electron chi connectivity index (χ0n) is 9.05. The number of carbonyl (C=O) groups excluding carboxylic acids is 1. The third kappa shape index (κ3) is 2.03. The second kappa shape index (κ2) is 3.81. The van der Waals surface area contributed by atoms with E-state index in [1.54, 1.807) is 6.92 Å². The van der Waals surface area contributed by atoms with Crippen LogP contribution in [0.4, 0.5) is 0 Å². The molecular weight excluding hydrogens is 196 g/mol. The summed E-state index contributed by atoms with van der Waals surface area (Å²) in [4.78, 5) is 11.4. The molecule has 1 heterocycles. The highest BCUT2D eigenvalue weighted by atomic mass is 32.2. The van der Waals surface area contributed by atoms with Crippen molar-refractivity contribution in [2.45, 2.75) is 38.9 Å². The fraction of sp³-hybridized carbons (Fsp3) is 0.545. The molecule has 1 rings (SSSR count). The first-order valence-corrected chi connectivity index (χ1v) is 5.45. The monoisotopic (exact) mass is 212 g/mol. The molecule has 0 aliphatic carbocycles. The van der Waals surface area contributed by atoms with Gasteiger partial charge < -0.3 is 5.11 Å². The van der Waals surface area contributed by atoms with Crippen molar-refractivity contribution in [2.75, 3.05) is 0 Å². The molecule has 0 aromatic heterocycles. The first-order valence-electron chi connectivity index (χ1n) is 4.64. The highest BCUT2D eigenvalue weighted by Crippen LogP contribution is 2.44. The molecule has 14 heavy (non-hydrogen) atoms. The van der Waals surface area contributed by atoms with Crippen molar-refractivity contribution in [2.24, 2.45) is 0 Å². The Balaban J connectivity index is 2.89. The van der Waals surface area contributed by atoms with Crippen LogP contribution in [0.3, 0.4) is 0 Å². The summed E-state index contributed by atoms with van der Waals surface area (Å²) in [5.41, 5.74) is 1.70. The number of rotatable bonds is 2. The van der Waals surface area contributed by atoms with Crippen molar-refractivity contribution in [1.29, 1.82) is 0 Å². The molecule has 1 aliphatic rings. The summed E-state index contributed by atoms with van der Waals surface area (Å²) in [5.74, 6) is 0.241. The molecule has 0 aromatic rings. The van der Waals surface area contributed by atoms with Crippen LogP contribution in [0.5, 0.6) is 0 Å². The van der Waals surface area contributed by atoms with E-state index < -0.39 is 4.75 Å². The van der Waals surface area contributed by atoms with Crippen LogP contribution in [0.1, 0.15) is 34.1 Å². The number of hydrogen-bond donors (Lipinski definition) is 1. The Morgan fingerprint density at radius 3 is 2.50 bits per heavy atom. The summed E-state index contributed by atoms with van der Waals surface area (Å²) in [5, 5.41) is 9.80. The van der Waals surface area contributed by atoms with Crippen LogP contribution in [0.15, 0.2) is 23.0 Å². The van der Waals surface area contributed by atoms with E-state index in [9.17, 15) is 9.90 Å². The Morgan fingerprint density at radius 2 is 2.14 bits per heavy atom. The Morgan fingerprint density at radius 1 is 1.57 bits per heavy atom. The van der Waals surface area contributed by atoms with Gasteiger partial charge in [0.2, 0.25) is 5.12 Å². The van der Waals surface area contributed by atoms with Gasteiger partial charge in [0.1, 0.15) is 5.76 Å². The second-order valence-electron chi connectivity index (χ2n) is 4.08. The topological polar surface area (TPSA) is 37.3 Å². The number of thioether (sulfide) groups is 1. The molecule has 1 aliphatic heterocycles. The van der Waals surface area contributed by atoms with E-state index in [1.807, 2.05) is 20.8 Å². The van der Waals surface area contributed by atoms with Crippen molar-refractivity contribution in [3.05, 3.63) is 23.0 Å². The van der Waals surface area contributed by atoms with Gasteiger partial charge >= 0.3 is 0 Å². The molecule has 0 bridgehead atoms. The largest absolute Gasteiger partial charge is 0.510 e. The van der Waals surface area contributed by atoms with Gasteiger partial charge in [0.05, 0.1) is 4.75 Å². The molecule has 0 amide bonds. The van der Waals surface area contributed by atoms with E-state index in [0.29, 0.717) is 12.0 Å². The van der Waals surface area contributed by atoms with Crippen LogP contribution in [0, 0.1) is 0 Å². The fourth-order valence-electron chi connectivity index (χ4n) is 1.36. The summed E-state index contributed by atoms with van der Waals surface area (Å²) < 4.78 is -0.446. The van der Waals surface area contributed by atoms with Crippen LogP contribution in [0.25, 0.3) is 0 Å². The molecule has 1 unspecified atom stereocenters. The molecular formula is C11H16O2S. The lowest BCUT2D eigenvalue weighted by molar-refractivity contribution is -0.107. The van der Waals surface area contributed by atoms with Gasteiger partial charge in [0, 0.05) is 5.57 Å².